The number of hydrogen-bond acceptors (Lipinski definition) is 1. The molecule has 0 aromatic heterocycles. The maximum atomic E-state index is 7.00. The average Bonchev–Trinajstić information content (AvgIpc) is 1.89. The highest BCUT2D eigenvalue weighted by Gasteiger charge is 1.94. The molecule has 2 nitrogen and oxygen atoms in total. The van der Waals surface area contributed by atoms with Crippen LogP contribution in [-0.2, 0) is 6.61 Å². The van der Waals surface area contributed by atoms with Gasteiger partial charge in [-0.25, -0.2) is 0 Å². The molecule has 1 rings (SSSR count). The van der Waals surface area contributed by atoms with Crippen LogP contribution >= 0.6 is 0 Å². The standard InChI is InChI=1S/C7H9NO/c8-7-4-2-1-3-6(7)5-9/h1-4,9H,5,8H2/p+1. The van der Waals surface area contributed by atoms with E-state index in [1.54, 1.807) is 0 Å². The third-order valence-electron chi connectivity index (χ3n) is 1.25. The molecule has 0 atom stereocenters. The summed E-state index contributed by atoms with van der Waals surface area (Å²) in [6, 6.07) is 7.43. The van der Waals surface area contributed by atoms with Crippen molar-refractivity contribution in [1.29, 1.82) is 0 Å². The first kappa shape index (κ1) is 6.11. The lowest BCUT2D eigenvalue weighted by atomic mass is 10.2. The van der Waals surface area contributed by atoms with Crippen LogP contribution in [0.1, 0.15) is 5.56 Å². The molecule has 0 saturated heterocycles. The minimum Gasteiger partial charge on any atom is -0.442 e. The first-order valence-electron chi connectivity index (χ1n) is 2.82. The van der Waals surface area contributed by atoms with Crippen LogP contribution in [-0.4, -0.2) is 5.11 Å². The van der Waals surface area contributed by atoms with E-state index in [0.717, 1.165) is 5.56 Å². The van der Waals surface area contributed by atoms with E-state index in [1.807, 2.05) is 24.3 Å². The van der Waals surface area contributed by atoms with E-state index in [9.17, 15) is 0 Å². The summed E-state index contributed by atoms with van der Waals surface area (Å²) in [5.74, 6) is 0. The molecule has 0 aliphatic carbocycles. The molecule has 0 unspecified atom stereocenters. The summed E-state index contributed by atoms with van der Waals surface area (Å²) in [6.07, 6.45) is 0. The highest BCUT2D eigenvalue weighted by molar-refractivity contribution is 5.45. The Bertz CT molecular complexity index is 198. The van der Waals surface area contributed by atoms with E-state index < -0.39 is 0 Å². The second-order valence-electron chi connectivity index (χ2n) is 1.88. The highest BCUT2D eigenvalue weighted by Crippen LogP contribution is 2.08. The molecule has 0 radical (unpaired) electrons. The summed E-state index contributed by atoms with van der Waals surface area (Å²) in [4.78, 5) is 0. The molecule has 0 aliphatic heterocycles. The lowest BCUT2D eigenvalue weighted by molar-refractivity contribution is 0.282. The zero-order valence-electron chi connectivity index (χ0n) is 5.09. The van der Waals surface area contributed by atoms with Crippen molar-refractivity contribution < 1.29 is 5.11 Å². The molecule has 0 bridgehead atoms. The molecular formula is C7H10NO+. The summed E-state index contributed by atoms with van der Waals surface area (Å²) < 4.78 is 0. The zero-order chi connectivity index (χ0) is 6.69. The summed E-state index contributed by atoms with van der Waals surface area (Å²) >= 11 is 0. The molecule has 48 valence electrons. The monoisotopic (exact) mass is 124 g/mol. The molecular weight excluding hydrogens is 114 g/mol. The quantitative estimate of drug-likeness (QED) is 0.430. The van der Waals surface area contributed by atoms with E-state index in [1.165, 1.54) is 0 Å². The van der Waals surface area contributed by atoms with E-state index >= 15 is 0 Å². The van der Waals surface area contributed by atoms with Crippen molar-refractivity contribution in [2.24, 2.45) is 0 Å². The Balaban J connectivity index is 3.01. The molecule has 0 heterocycles. The Morgan fingerprint density at radius 3 is 2.44 bits per heavy atom. The fourth-order valence-electron chi connectivity index (χ4n) is 0.695. The molecule has 2 heteroatoms. The second kappa shape index (κ2) is 2.51. The molecule has 0 fully saturated rings. The van der Waals surface area contributed by atoms with Gasteiger partial charge >= 0.3 is 0 Å². The van der Waals surface area contributed by atoms with Gasteiger partial charge in [-0.2, -0.15) is 0 Å². The Morgan fingerprint density at radius 1 is 1.33 bits per heavy atom. The number of benzene rings is 1. The van der Waals surface area contributed by atoms with Gasteiger partial charge < -0.3 is 10.8 Å². The molecule has 4 N–H and O–H groups in total. The normalized spacial score (nSPS) is 9.44. The number of hydrogen-bond donors (Lipinski definition) is 1. The van der Waals surface area contributed by atoms with Gasteiger partial charge in [0.1, 0.15) is 0 Å². The van der Waals surface area contributed by atoms with Crippen LogP contribution in [0, 0.1) is 0 Å². The highest BCUT2D eigenvalue weighted by atomic mass is 16.3. The fourth-order valence-corrected chi connectivity index (χ4v) is 0.695. The minimum atomic E-state index is 0.271. The van der Waals surface area contributed by atoms with Gasteiger partial charge in [0, 0.05) is 5.69 Å². The molecule has 0 saturated carbocycles. The van der Waals surface area contributed by atoms with Crippen molar-refractivity contribution in [3.8, 4) is 0 Å². The van der Waals surface area contributed by atoms with Crippen LogP contribution in [0.15, 0.2) is 24.3 Å². The van der Waals surface area contributed by atoms with Crippen molar-refractivity contribution in [3.05, 3.63) is 29.8 Å². The van der Waals surface area contributed by atoms with Gasteiger partial charge in [0.2, 0.25) is 0 Å². The maximum Gasteiger partial charge on any atom is 0.172 e. The lowest BCUT2D eigenvalue weighted by Crippen LogP contribution is -1.91. The molecule has 1 aromatic carbocycles. The fraction of sp³-hybridized carbons (Fsp3) is 0.143. The number of nitrogens with two attached hydrogens (primary N) is 1. The van der Waals surface area contributed by atoms with Gasteiger partial charge in [0.25, 0.3) is 0 Å². The Morgan fingerprint density at radius 2 is 2.00 bits per heavy atom. The largest absolute Gasteiger partial charge is 0.442 e. The molecule has 0 amide bonds. The van der Waals surface area contributed by atoms with E-state index in [4.69, 9.17) is 10.8 Å². The number of anilines is 1. The van der Waals surface area contributed by atoms with Crippen LogP contribution < -0.4 is 5.73 Å². The second-order valence-corrected chi connectivity index (χ2v) is 1.88. The van der Waals surface area contributed by atoms with Crippen molar-refractivity contribution in [3.63, 3.8) is 0 Å². The molecule has 1 aromatic rings. The number of rotatable bonds is 1. The van der Waals surface area contributed by atoms with Crippen molar-refractivity contribution in [2.45, 2.75) is 6.61 Å². The van der Waals surface area contributed by atoms with Crippen LogP contribution in [0.2, 0.25) is 0 Å². The Kier molecular flexibility index (Phi) is 1.70. The predicted octanol–water partition coefficient (Wildman–Crippen LogP) is 0.493. The zero-order valence-corrected chi connectivity index (χ0v) is 5.09. The van der Waals surface area contributed by atoms with Crippen LogP contribution in [0.4, 0.5) is 5.69 Å². The van der Waals surface area contributed by atoms with E-state index in [-0.39, 0.29) is 6.61 Å². The first-order chi connectivity index (χ1) is 4.34. The van der Waals surface area contributed by atoms with Crippen molar-refractivity contribution in [2.75, 3.05) is 5.73 Å². The maximum absolute atomic E-state index is 7.00. The van der Waals surface area contributed by atoms with Crippen molar-refractivity contribution in [1.82, 2.24) is 0 Å². The topological polar surface area (TPSA) is 48.9 Å². The summed E-state index contributed by atoms with van der Waals surface area (Å²) in [5.41, 5.74) is 7.13. The van der Waals surface area contributed by atoms with Crippen LogP contribution in [0.3, 0.4) is 0 Å². The van der Waals surface area contributed by atoms with E-state index in [0.29, 0.717) is 5.69 Å². The summed E-state index contributed by atoms with van der Waals surface area (Å²) in [6.45, 7) is 0.271. The smallest absolute Gasteiger partial charge is 0.172 e. The molecule has 0 aliphatic rings. The third kappa shape index (κ3) is 1.21. The Hall–Kier alpha value is -1.02. The van der Waals surface area contributed by atoms with Gasteiger partial charge in [-0.15, -0.1) is 0 Å². The number of nitrogen functional groups attached to an aromatic ring is 1. The van der Waals surface area contributed by atoms with Gasteiger partial charge in [-0.05, 0) is 12.1 Å². The third-order valence-corrected chi connectivity index (χ3v) is 1.25. The minimum absolute atomic E-state index is 0.271. The van der Waals surface area contributed by atoms with Gasteiger partial charge in [-0.1, -0.05) is 12.1 Å². The SMILES string of the molecule is Nc1ccccc1C[OH2+]. The van der Waals surface area contributed by atoms with Crippen molar-refractivity contribution >= 4 is 5.69 Å². The van der Waals surface area contributed by atoms with E-state index in [2.05, 4.69) is 0 Å². The van der Waals surface area contributed by atoms with Crippen LogP contribution in [0.5, 0.6) is 0 Å². The first-order valence-corrected chi connectivity index (χ1v) is 2.82. The predicted molar refractivity (Wildman–Crippen MR) is 38.2 cm³/mol. The van der Waals surface area contributed by atoms with Gasteiger partial charge in [-0.3, -0.25) is 0 Å². The lowest BCUT2D eigenvalue weighted by Gasteiger charge is -1.95. The summed E-state index contributed by atoms with van der Waals surface area (Å²) in [7, 11) is 0. The van der Waals surface area contributed by atoms with Gasteiger partial charge in [0.05, 0.1) is 5.56 Å². The molecule has 0 spiro atoms. The van der Waals surface area contributed by atoms with Gasteiger partial charge in [0.15, 0.2) is 6.61 Å². The number of para-hydroxylation sites is 1. The van der Waals surface area contributed by atoms with Crippen LogP contribution in [0.25, 0.3) is 0 Å². The average molecular weight is 124 g/mol. The Labute approximate surface area is 53.9 Å². The summed E-state index contributed by atoms with van der Waals surface area (Å²) in [5, 5.41) is 7.00. The molecule has 9 heavy (non-hydrogen) atoms.